The van der Waals surface area contributed by atoms with Crippen LogP contribution in [0.25, 0.3) is 0 Å². The fraction of sp³-hybridized carbons (Fsp3) is 0.545. The molecule has 144 valence electrons. The molecule has 2 aromatic rings. The number of hydrogen-bond donors (Lipinski definition) is 1. The summed E-state index contributed by atoms with van der Waals surface area (Å²) in [4.78, 5) is 14.3. The van der Waals surface area contributed by atoms with Gasteiger partial charge in [0.15, 0.2) is 0 Å². The van der Waals surface area contributed by atoms with Gasteiger partial charge in [-0.1, -0.05) is 43.2 Å². The first-order chi connectivity index (χ1) is 13.4. The molecule has 1 aromatic heterocycles. The van der Waals surface area contributed by atoms with Gasteiger partial charge in [0.2, 0.25) is 5.95 Å². The molecule has 5 nitrogen and oxygen atoms in total. The zero-order valence-corrected chi connectivity index (χ0v) is 16.2. The first-order valence-corrected chi connectivity index (χ1v) is 10.5. The van der Waals surface area contributed by atoms with Crippen molar-refractivity contribution in [1.29, 1.82) is 0 Å². The average Bonchev–Trinajstić information content (AvgIpc) is 2.99. The van der Waals surface area contributed by atoms with E-state index in [-0.39, 0.29) is 0 Å². The number of benzene rings is 1. The van der Waals surface area contributed by atoms with E-state index in [4.69, 9.17) is 4.98 Å². The van der Waals surface area contributed by atoms with Gasteiger partial charge in [-0.05, 0) is 43.9 Å². The summed E-state index contributed by atoms with van der Waals surface area (Å²) in [5, 5.41) is 3.60. The van der Waals surface area contributed by atoms with Crippen molar-refractivity contribution in [3.05, 3.63) is 48.2 Å². The summed E-state index contributed by atoms with van der Waals surface area (Å²) in [6.07, 6.45) is 9.52. The largest absolute Gasteiger partial charge is 0.356 e. The minimum atomic E-state index is 0.418. The third-order valence-corrected chi connectivity index (χ3v) is 5.66. The van der Waals surface area contributed by atoms with Crippen LogP contribution in [0, 0.1) is 0 Å². The van der Waals surface area contributed by atoms with E-state index in [0.29, 0.717) is 6.04 Å². The van der Waals surface area contributed by atoms with Crippen molar-refractivity contribution in [3.8, 4) is 0 Å². The molecule has 1 atom stereocenters. The van der Waals surface area contributed by atoms with Crippen LogP contribution in [-0.2, 0) is 6.54 Å². The molecule has 1 aromatic carbocycles. The quantitative estimate of drug-likeness (QED) is 0.870. The molecular formula is C22H31N5. The zero-order chi connectivity index (χ0) is 18.3. The van der Waals surface area contributed by atoms with Gasteiger partial charge in [-0.25, -0.2) is 4.98 Å². The maximum atomic E-state index is 4.83. The van der Waals surface area contributed by atoms with Crippen molar-refractivity contribution in [1.82, 2.24) is 14.9 Å². The minimum absolute atomic E-state index is 0.418. The Balaban J connectivity index is 1.36. The Labute approximate surface area is 162 Å². The topological polar surface area (TPSA) is 44.3 Å². The molecule has 2 fully saturated rings. The van der Waals surface area contributed by atoms with Crippen LogP contribution in [0.2, 0.25) is 0 Å². The lowest BCUT2D eigenvalue weighted by Crippen LogP contribution is -2.42. The van der Waals surface area contributed by atoms with Crippen LogP contribution in [0.4, 0.5) is 11.8 Å². The van der Waals surface area contributed by atoms with Crippen LogP contribution in [0.3, 0.4) is 0 Å². The molecule has 0 bridgehead atoms. The van der Waals surface area contributed by atoms with Crippen LogP contribution in [0.1, 0.15) is 44.1 Å². The number of hydrogen-bond acceptors (Lipinski definition) is 5. The number of piperidine rings is 1. The molecule has 0 saturated carbocycles. The van der Waals surface area contributed by atoms with Crippen molar-refractivity contribution in [2.75, 3.05) is 36.4 Å². The Hall–Kier alpha value is -2.14. The van der Waals surface area contributed by atoms with E-state index < -0.39 is 0 Å². The fourth-order valence-corrected chi connectivity index (χ4v) is 4.24. The lowest BCUT2D eigenvalue weighted by Gasteiger charge is -2.33. The fourth-order valence-electron chi connectivity index (χ4n) is 4.24. The number of likely N-dealkylation sites (tertiary alicyclic amines) is 1. The van der Waals surface area contributed by atoms with Crippen LogP contribution in [0.5, 0.6) is 0 Å². The second kappa shape index (κ2) is 9.18. The van der Waals surface area contributed by atoms with Gasteiger partial charge >= 0.3 is 0 Å². The summed E-state index contributed by atoms with van der Waals surface area (Å²) in [6, 6.07) is 13.2. The number of rotatable bonds is 5. The highest BCUT2D eigenvalue weighted by Crippen LogP contribution is 2.20. The van der Waals surface area contributed by atoms with Gasteiger partial charge < -0.3 is 10.2 Å². The molecule has 5 heteroatoms. The van der Waals surface area contributed by atoms with Gasteiger partial charge in [0, 0.05) is 38.4 Å². The lowest BCUT2D eigenvalue weighted by atomic mass is 10.0. The molecule has 0 aliphatic carbocycles. The zero-order valence-electron chi connectivity index (χ0n) is 16.2. The van der Waals surface area contributed by atoms with Crippen LogP contribution >= 0.6 is 0 Å². The first-order valence-electron chi connectivity index (χ1n) is 10.5. The minimum Gasteiger partial charge on any atom is -0.356 e. The average molecular weight is 366 g/mol. The molecule has 0 spiro atoms. The summed E-state index contributed by atoms with van der Waals surface area (Å²) >= 11 is 0. The van der Waals surface area contributed by atoms with Crippen LogP contribution in [-0.4, -0.2) is 47.1 Å². The molecular weight excluding hydrogens is 334 g/mol. The second-order valence-corrected chi connectivity index (χ2v) is 7.84. The molecule has 27 heavy (non-hydrogen) atoms. The highest BCUT2D eigenvalue weighted by atomic mass is 15.2. The number of nitrogens with one attached hydrogen (secondary N) is 1. The lowest BCUT2D eigenvalue weighted by molar-refractivity contribution is 0.208. The standard InChI is InChI=1S/C22H31N5/c1-2-7-16-27(15-6-1)21-12-13-23-22(25-21)24-20-11-8-14-26(18-20)17-19-9-4-3-5-10-19/h3-5,9-10,12-13,20H,1-2,6-8,11,14-18H2,(H,23,24,25). The van der Waals surface area contributed by atoms with E-state index in [1.54, 1.807) is 0 Å². The third-order valence-electron chi connectivity index (χ3n) is 5.66. The number of nitrogens with zero attached hydrogens (tertiary/aromatic N) is 4. The summed E-state index contributed by atoms with van der Waals surface area (Å²) in [5.74, 6) is 1.86. The molecule has 3 heterocycles. The van der Waals surface area contributed by atoms with E-state index in [9.17, 15) is 0 Å². The third kappa shape index (κ3) is 5.19. The molecule has 1 unspecified atom stereocenters. The second-order valence-electron chi connectivity index (χ2n) is 7.84. The smallest absolute Gasteiger partial charge is 0.224 e. The molecule has 2 aliphatic heterocycles. The van der Waals surface area contributed by atoms with E-state index in [0.717, 1.165) is 37.9 Å². The Morgan fingerprint density at radius 1 is 0.926 bits per heavy atom. The Kier molecular flexibility index (Phi) is 6.20. The van der Waals surface area contributed by atoms with Gasteiger partial charge in [0.1, 0.15) is 5.82 Å². The number of anilines is 2. The van der Waals surface area contributed by atoms with Gasteiger partial charge in [0.05, 0.1) is 0 Å². The molecule has 2 saturated heterocycles. The summed E-state index contributed by atoms with van der Waals surface area (Å²) < 4.78 is 0. The molecule has 0 amide bonds. The maximum absolute atomic E-state index is 4.83. The Morgan fingerprint density at radius 2 is 1.74 bits per heavy atom. The van der Waals surface area contributed by atoms with Crippen LogP contribution in [0.15, 0.2) is 42.6 Å². The highest BCUT2D eigenvalue weighted by molar-refractivity contribution is 5.43. The van der Waals surface area contributed by atoms with Crippen LogP contribution < -0.4 is 10.2 Å². The maximum Gasteiger partial charge on any atom is 0.224 e. The Bertz CT molecular complexity index is 697. The predicted molar refractivity (Wildman–Crippen MR) is 111 cm³/mol. The van der Waals surface area contributed by atoms with Gasteiger partial charge in [-0.2, -0.15) is 4.98 Å². The van der Waals surface area contributed by atoms with Gasteiger partial charge in [0.25, 0.3) is 0 Å². The Morgan fingerprint density at radius 3 is 2.56 bits per heavy atom. The van der Waals surface area contributed by atoms with Crippen molar-refractivity contribution < 1.29 is 0 Å². The molecule has 2 aliphatic rings. The molecule has 1 N–H and O–H groups in total. The van der Waals surface area contributed by atoms with Crippen molar-refractivity contribution in [2.45, 2.75) is 51.1 Å². The first kappa shape index (κ1) is 18.2. The summed E-state index contributed by atoms with van der Waals surface area (Å²) in [5.41, 5.74) is 1.39. The monoisotopic (exact) mass is 365 g/mol. The highest BCUT2D eigenvalue weighted by Gasteiger charge is 2.21. The SMILES string of the molecule is c1ccc(CN2CCCC(Nc3nccc(N4CCCCCC4)n3)C2)cc1. The summed E-state index contributed by atoms with van der Waals surface area (Å²) in [6.45, 7) is 5.47. The number of aromatic nitrogens is 2. The van der Waals surface area contributed by atoms with E-state index in [2.05, 4.69) is 56.5 Å². The molecule has 0 radical (unpaired) electrons. The van der Waals surface area contributed by atoms with E-state index in [1.807, 2.05) is 6.20 Å². The van der Waals surface area contributed by atoms with E-state index >= 15 is 0 Å². The summed E-state index contributed by atoms with van der Waals surface area (Å²) in [7, 11) is 0. The predicted octanol–water partition coefficient (Wildman–Crippen LogP) is 3.93. The van der Waals surface area contributed by atoms with Gasteiger partial charge in [-0.15, -0.1) is 0 Å². The molecule has 4 rings (SSSR count). The normalized spacial score (nSPS) is 21.6. The van der Waals surface area contributed by atoms with Crippen molar-refractivity contribution in [3.63, 3.8) is 0 Å². The van der Waals surface area contributed by atoms with E-state index in [1.165, 1.54) is 50.6 Å². The van der Waals surface area contributed by atoms with Gasteiger partial charge in [-0.3, -0.25) is 4.90 Å². The van der Waals surface area contributed by atoms with Crippen molar-refractivity contribution >= 4 is 11.8 Å². The van der Waals surface area contributed by atoms with Crippen molar-refractivity contribution in [2.24, 2.45) is 0 Å².